The minimum Gasteiger partial charge on any atom is -0.446 e. The van der Waals surface area contributed by atoms with E-state index in [2.05, 4.69) is 58.7 Å². The molecule has 1 atom stereocenters. The number of rotatable bonds is 5. The van der Waals surface area contributed by atoms with Crippen molar-refractivity contribution in [3.63, 3.8) is 0 Å². The number of nitrogens with zero attached hydrogens (tertiary/aromatic N) is 2. The molecule has 39 heavy (non-hydrogen) atoms. The van der Waals surface area contributed by atoms with Gasteiger partial charge in [0.05, 0.1) is 0 Å². The highest BCUT2D eigenvalue weighted by atomic mass is 32.2. The number of cyclic esters (lactones) is 1. The Kier molecular flexibility index (Phi) is 7.03. The van der Waals surface area contributed by atoms with Gasteiger partial charge in [0, 0.05) is 21.8 Å². The molecule has 3 amide bonds. The quantitative estimate of drug-likeness (QED) is 0.390. The Labute approximate surface area is 230 Å². The summed E-state index contributed by atoms with van der Waals surface area (Å²) in [6, 6.07) is 19.4. The molecule has 1 N–H and O–H groups in total. The van der Waals surface area contributed by atoms with Crippen molar-refractivity contribution in [2.24, 2.45) is 0 Å². The van der Waals surface area contributed by atoms with Gasteiger partial charge >= 0.3 is 12.1 Å². The van der Waals surface area contributed by atoms with Crippen LogP contribution in [-0.4, -0.2) is 54.7 Å². The standard InChI is InChI=1S/C30H29F2N3O3S/c31-23-11-10-20(18-24(23)32)25-19-38-29(37)35(25)28(36)33-14-5-15-34-16-12-30(13-17-34)21-6-1-3-8-26(21)39-27-9-4-2-7-22(27)30/h1-4,6-11,18,25H,5,12-17,19H2,(H,33,36)/t25-/m1/s1. The second-order valence-electron chi connectivity index (χ2n) is 10.2. The Balaban J connectivity index is 1.04. The van der Waals surface area contributed by atoms with E-state index in [1.165, 1.54) is 27.0 Å². The third-order valence-electron chi connectivity index (χ3n) is 8.08. The lowest BCUT2D eigenvalue weighted by molar-refractivity contribution is 0.157. The predicted octanol–water partition coefficient (Wildman–Crippen LogP) is 6.10. The molecule has 6 nitrogen and oxygen atoms in total. The van der Waals surface area contributed by atoms with Crippen molar-refractivity contribution < 1.29 is 23.1 Å². The first-order valence-corrected chi connectivity index (χ1v) is 14.1. The smallest absolute Gasteiger partial charge is 0.418 e. The molecule has 0 aliphatic carbocycles. The van der Waals surface area contributed by atoms with Crippen LogP contribution < -0.4 is 5.32 Å². The second kappa shape index (κ2) is 10.6. The normalized spacial score (nSPS) is 19.9. The summed E-state index contributed by atoms with van der Waals surface area (Å²) >= 11 is 1.86. The summed E-state index contributed by atoms with van der Waals surface area (Å²) in [5.74, 6) is -2.02. The van der Waals surface area contributed by atoms with Crippen LogP contribution in [-0.2, 0) is 10.2 Å². The number of nitrogens with one attached hydrogen (secondary N) is 1. The van der Waals surface area contributed by atoms with Gasteiger partial charge in [0.15, 0.2) is 11.6 Å². The van der Waals surface area contributed by atoms with Gasteiger partial charge in [-0.3, -0.25) is 0 Å². The van der Waals surface area contributed by atoms with Gasteiger partial charge in [-0.05, 0) is 79.9 Å². The van der Waals surface area contributed by atoms with Crippen molar-refractivity contribution in [2.45, 2.75) is 40.5 Å². The number of likely N-dealkylation sites (tertiary alicyclic amines) is 1. The fourth-order valence-electron chi connectivity index (χ4n) is 6.06. The number of carbonyl (C=O) groups is 2. The van der Waals surface area contributed by atoms with Crippen molar-refractivity contribution in [1.29, 1.82) is 0 Å². The van der Waals surface area contributed by atoms with E-state index < -0.39 is 29.8 Å². The van der Waals surface area contributed by atoms with Crippen molar-refractivity contribution >= 4 is 23.9 Å². The molecular formula is C30H29F2N3O3S. The van der Waals surface area contributed by atoms with Crippen LogP contribution in [0.4, 0.5) is 18.4 Å². The molecule has 0 bridgehead atoms. The number of hydrogen-bond donors (Lipinski definition) is 1. The van der Waals surface area contributed by atoms with E-state index in [4.69, 9.17) is 4.74 Å². The molecule has 2 fully saturated rings. The van der Waals surface area contributed by atoms with Gasteiger partial charge in [0.2, 0.25) is 0 Å². The highest BCUT2D eigenvalue weighted by Gasteiger charge is 2.43. The summed E-state index contributed by atoms with van der Waals surface area (Å²) in [7, 11) is 0. The van der Waals surface area contributed by atoms with Crippen LogP contribution in [0.3, 0.4) is 0 Å². The van der Waals surface area contributed by atoms with Gasteiger partial charge in [0.1, 0.15) is 12.6 Å². The van der Waals surface area contributed by atoms with E-state index in [-0.39, 0.29) is 12.0 Å². The highest BCUT2D eigenvalue weighted by molar-refractivity contribution is 7.99. The third kappa shape index (κ3) is 4.78. The fourth-order valence-corrected chi connectivity index (χ4v) is 7.33. The van der Waals surface area contributed by atoms with Gasteiger partial charge in [-0.1, -0.05) is 54.2 Å². The van der Waals surface area contributed by atoms with E-state index >= 15 is 0 Å². The molecule has 3 aromatic carbocycles. The van der Waals surface area contributed by atoms with Crippen molar-refractivity contribution in [3.05, 3.63) is 95.1 Å². The fraction of sp³-hybridized carbons (Fsp3) is 0.333. The third-order valence-corrected chi connectivity index (χ3v) is 9.23. The first kappa shape index (κ1) is 25.8. The van der Waals surface area contributed by atoms with Crippen molar-refractivity contribution in [2.75, 3.05) is 32.8 Å². The molecule has 0 saturated carbocycles. The maximum absolute atomic E-state index is 13.7. The van der Waals surface area contributed by atoms with Gasteiger partial charge in [-0.25, -0.2) is 23.3 Å². The number of piperidine rings is 1. The Bertz CT molecular complexity index is 1360. The van der Waals surface area contributed by atoms with Crippen LogP contribution in [0.5, 0.6) is 0 Å². The number of hydrogen-bond acceptors (Lipinski definition) is 5. The summed E-state index contributed by atoms with van der Waals surface area (Å²) in [6.45, 7) is 3.02. The molecule has 0 radical (unpaired) electrons. The van der Waals surface area contributed by atoms with Gasteiger partial charge in [-0.2, -0.15) is 0 Å². The molecule has 3 aliphatic heterocycles. The maximum atomic E-state index is 13.7. The van der Waals surface area contributed by atoms with Crippen LogP contribution in [0.1, 0.15) is 42.0 Å². The molecule has 3 heterocycles. The van der Waals surface area contributed by atoms with Gasteiger partial charge in [-0.15, -0.1) is 0 Å². The van der Waals surface area contributed by atoms with E-state index in [1.54, 1.807) is 0 Å². The molecule has 3 aromatic rings. The number of halogens is 2. The molecule has 202 valence electrons. The molecule has 9 heteroatoms. The summed E-state index contributed by atoms with van der Waals surface area (Å²) in [5, 5.41) is 2.79. The largest absolute Gasteiger partial charge is 0.446 e. The van der Waals surface area contributed by atoms with Gasteiger partial charge in [0.25, 0.3) is 0 Å². The minimum absolute atomic E-state index is 0.0219. The lowest BCUT2D eigenvalue weighted by Crippen LogP contribution is -2.46. The van der Waals surface area contributed by atoms with Crippen LogP contribution >= 0.6 is 11.8 Å². The summed E-state index contributed by atoms with van der Waals surface area (Å²) < 4.78 is 32.1. The zero-order valence-corrected chi connectivity index (χ0v) is 22.2. The number of benzene rings is 3. The Morgan fingerprint density at radius 1 is 0.974 bits per heavy atom. The average Bonchev–Trinajstić information content (AvgIpc) is 3.35. The van der Waals surface area contributed by atoms with Crippen LogP contribution in [0.25, 0.3) is 0 Å². The molecule has 1 spiro atoms. The molecule has 6 rings (SSSR count). The lowest BCUT2D eigenvalue weighted by Gasteiger charge is -2.46. The SMILES string of the molecule is O=C(NCCCN1CCC2(CC1)c1ccccc1Sc1ccccc12)N1C(=O)OC[C@@H]1c1ccc(F)c(F)c1. The molecule has 3 aliphatic rings. The second-order valence-corrected chi connectivity index (χ2v) is 11.3. The van der Waals surface area contributed by atoms with E-state index in [0.717, 1.165) is 55.9 Å². The maximum Gasteiger partial charge on any atom is 0.418 e. The predicted molar refractivity (Wildman–Crippen MR) is 144 cm³/mol. The summed E-state index contributed by atoms with van der Waals surface area (Å²) in [5.41, 5.74) is 3.18. The van der Waals surface area contributed by atoms with Crippen molar-refractivity contribution in [3.8, 4) is 0 Å². The van der Waals surface area contributed by atoms with Gasteiger partial charge < -0.3 is 15.0 Å². The number of urea groups is 1. The van der Waals surface area contributed by atoms with Crippen LogP contribution in [0.2, 0.25) is 0 Å². The Morgan fingerprint density at radius 3 is 2.31 bits per heavy atom. The average molecular weight is 550 g/mol. The number of carbonyl (C=O) groups excluding carboxylic acids is 2. The first-order valence-electron chi connectivity index (χ1n) is 13.2. The molecule has 2 saturated heterocycles. The van der Waals surface area contributed by atoms with E-state index in [0.29, 0.717) is 12.1 Å². The summed E-state index contributed by atoms with van der Waals surface area (Å²) in [4.78, 5) is 31.1. The topological polar surface area (TPSA) is 61.9 Å². The number of amides is 3. The molecule has 0 aromatic heterocycles. The highest BCUT2D eigenvalue weighted by Crippen LogP contribution is 2.53. The Hall–Kier alpha value is -3.43. The number of imide groups is 1. The van der Waals surface area contributed by atoms with E-state index in [9.17, 15) is 18.4 Å². The van der Waals surface area contributed by atoms with E-state index in [1.807, 2.05) is 11.8 Å². The number of ether oxygens (including phenoxy) is 1. The summed E-state index contributed by atoms with van der Waals surface area (Å²) in [6.07, 6.45) is 1.99. The number of fused-ring (bicyclic) bond motifs is 4. The molecule has 0 unspecified atom stereocenters. The monoisotopic (exact) mass is 549 g/mol. The van der Waals surface area contributed by atoms with Crippen LogP contribution in [0, 0.1) is 11.6 Å². The molecular weight excluding hydrogens is 520 g/mol. The lowest BCUT2D eigenvalue weighted by atomic mass is 9.67. The first-order chi connectivity index (χ1) is 19.0. The zero-order valence-electron chi connectivity index (χ0n) is 21.4. The minimum atomic E-state index is -1.03. The Morgan fingerprint density at radius 2 is 1.64 bits per heavy atom. The van der Waals surface area contributed by atoms with Crippen LogP contribution in [0.15, 0.2) is 76.5 Å². The zero-order chi connectivity index (χ0) is 27.0. The van der Waals surface area contributed by atoms with Crippen molar-refractivity contribution in [1.82, 2.24) is 15.1 Å².